The lowest BCUT2D eigenvalue weighted by Gasteiger charge is -2.19. The van der Waals surface area contributed by atoms with Crippen LogP contribution in [0.3, 0.4) is 0 Å². The first kappa shape index (κ1) is 18.3. The number of aryl methyl sites for hydroxylation is 2. The summed E-state index contributed by atoms with van der Waals surface area (Å²) < 4.78 is 1.80. The Kier molecular flexibility index (Phi) is 6.08. The van der Waals surface area contributed by atoms with Gasteiger partial charge < -0.3 is 10.6 Å². The molecule has 2 aliphatic rings. The number of rotatable bonds is 2. The number of halogens is 2. The van der Waals surface area contributed by atoms with Gasteiger partial charge in [0.15, 0.2) is 0 Å². The highest BCUT2D eigenvalue weighted by atomic mass is 35.5. The molecule has 1 saturated heterocycles. The monoisotopic (exact) mass is 334 g/mol. The van der Waals surface area contributed by atoms with Crippen LogP contribution < -0.4 is 5.73 Å². The molecule has 1 aromatic rings. The van der Waals surface area contributed by atoms with Crippen molar-refractivity contribution in [3.63, 3.8) is 0 Å². The normalized spacial score (nSPS) is 27.0. The standard InChI is InChI=1S/C14H22N4O.2ClH/c1-9-5-10(2)18(16-9)8-14(19)17-6-11-3-4-13(15)12(11)7-17;;/h5,11-13H,3-4,6-8,15H2,1-2H3;2*1H. The minimum atomic E-state index is 0. The molecular formula is C14H24Cl2N4O. The van der Waals surface area contributed by atoms with Crippen LogP contribution in [0.5, 0.6) is 0 Å². The van der Waals surface area contributed by atoms with Crippen molar-refractivity contribution in [1.82, 2.24) is 14.7 Å². The summed E-state index contributed by atoms with van der Waals surface area (Å²) in [5, 5.41) is 4.35. The highest BCUT2D eigenvalue weighted by molar-refractivity contribution is 5.85. The Morgan fingerprint density at radius 2 is 2.05 bits per heavy atom. The number of hydrogen-bond acceptors (Lipinski definition) is 3. The summed E-state index contributed by atoms with van der Waals surface area (Å²) in [7, 11) is 0. The lowest BCUT2D eigenvalue weighted by atomic mass is 9.98. The third-order valence-electron chi connectivity index (χ3n) is 4.65. The van der Waals surface area contributed by atoms with Crippen LogP contribution in [0.4, 0.5) is 0 Å². The number of fused-ring (bicyclic) bond motifs is 1. The minimum Gasteiger partial charge on any atom is -0.340 e. The zero-order valence-corrected chi connectivity index (χ0v) is 14.1. The summed E-state index contributed by atoms with van der Waals surface area (Å²) in [4.78, 5) is 14.3. The molecule has 0 radical (unpaired) electrons. The molecule has 2 fully saturated rings. The quantitative estimate of drug-likeness (QED) is 0.892. The molecule has 7 heteroatoms. The van der Waals surface area contributed by atoms with E-state index in [1.807, 2.05) is 24.8 Å². The molecule has 0 aromatic carbocycles. The van der Waals surface area contributed by atoms with Gasteiger partial charge in [0.05, 0.1) is 5.69 Å². The van der Waals surface area contributed by atoms with Gasteiger partial charge >= 0.3 is 0 Å². The SMILES string of the molecule is Cc1cc(C)n(CC(=O)N2CC3CCC(N)C3C2)n1.Cl.Cl. The third-order valence-corrected chi connectivity index (χ3v) is 4.65. The number of hydrogen-bond donors (Lipinski definition) is 1. The molecule has 1 amide bonds. The average molecular weight is 335 g/mol. The van der Waals surface area contributed by atoms with Crippen LogP contribution in [0.15, 0.2) is 6.07 Å². The third kappa shape index (κ3) is 3.52. The highest BCUT2D eigenvalue weighted by Crippen LogP contribution is 2.37. The molecule has 2 heterocycles. The summed E-state index contributed by atoms with van der Waals surface area (Å²) in [5.41, 5.74) is 8.11. The first-order chi connectivity index (χ1) is 9.04. The number of carbonyl (C=O) groups is 1. The summed E-state index contributed by atoms with van der Waals surface area (Å²) in [5.74, 6) is 1.32. The van der Waals surface area contributed by atoms with Gasteiger partial charge in [-0.05, 0) is 44.6 Å². The van der Waals surface area contributed by atoms with Gasteiger partial charge in [0.2, 0.25) is 5.91 Å². The largest absolute Gasteiger partial charge is 0.340 e. The van der Waals surface area contributed by atoms with Crippen LogP contribution in [-0.2, 0) is 11.3 Å². The summed E-state index contributed by atoms with van der Waals surface area (Å²) in [6.07, 6.45) is 2.30. The maximum atomic E-state index is 12.3. The molecule has 3 rings (SSSR count). The number of aromatic nitrogens is 2. The Morgan fingerprint density at radius 3 is 2.62 bits per heavy atom. The molecule has 1 aliphatic heterocycles. The van der Waals surface area contributed by atoms with Crippen LogP contribution in [0.1, 0.15) is 24.2 Å². The Labute approximate surface area is 138 Å². The van der Waals surface area contributed by atoms with Crippen molar-refractivity contribution in [3.05, 3.63) is 17.5 Å². The molecule has 5 nitrogen and oxygen atoms in total. The van der Waals surface area contributed by atoms with Gasteiger partial charge in [0.1, 0.15) is 6.54 Å². The molecule has 120 valence electrons. The van der Waals surface area contributed by atoms with Crippen molar-refractivity contribution >= 4 is 30.7 Å². The van der Waals surface area contributed by atoms with Gasteiger partial charge in [-0.1, -0.05) is 0 Å². The van der Waals surface area contributed by atoms with E-state index in [0.717, 1.165) is 30.9 Å². The molecule has 1 aliphatic carbocycles. The van der Waals surface area contributed by atoms with E-state index < -0.39 is 0 Å². The van der Waals surface area contributed by atoms with E-state index in [4.69, 9.17) is 5.73 Å². The zero-order chi connectivity index (χ0) is 13.6. The van der Waals surface area contributed by atoms with E-state index in [-0.39, 0.29) is 36.8 Å². The van der Waals surface area contributed by atoms with E-state index in [1.165, 1.54) is 6.42 Å². The van der Waals surface area contributed by atoms with Gasteiger partial charge in [-0.3, -0.25) is 9.48 Å². The van der Waals surface area contributed by atoms with Crippen molar-refractivity contribution < 1.29 is 4.79 Å². The number of likely N-dealkylation sites (tertiary alicyclic amines) is 1. The molecule has 3 unspecified atom stereocenters. The number of amides is 1. The van der Waals surface area contributed by atoms with E-state index in [1.54, 1.807) is 4.68 Å². The predicted molar refractivity (Wildman–Crippen MR) is 87.0 cm³/mol. The van der Waals surface area contributed by atoms with E-state index >= 15 is 0 Å². The smallest absolute Gasteiger partial charge is 0.244 e. The molecule has 21 heavy (non-hydrogen) atoms. The maximum absolute atomic E-state index is 12.3. The number of carbonyl (C=O) groups excluding carboxylic acids is 1. The van der Waals surface area contributed by atoms with E-state index in [0.29, 0.717) is 18.4 Å². The summed E-state index contributed by atoms with van der Waals surface area (Å²) in [6, 6.07) is 2.29. The molecular weight excluding hydrogens is 311 g/mol. The Hall–Kier alpha value is -0.780. The van der Waals surface area contributed by atoms with Crippen LogP contribution >= 0.6 is 24.8 Å². The second-order valence-corrected chi connectivity index (χ2v) is 6.05. The number of nitrogens with zero attached hydrogens (tertiary/aromatic N) is 3. The van der Waals surface area contributed by atoms with Crippen molar-refractivity contribution in [2.75, 3.05) is 13.1 Å². The maximum Gasteiger partial charge on any atom is 0.244 e. The van der Waals surface area contributed by atoms with Gasteiger partial charge in [-0.2, -0.15) is 5.10 Å². The fourth-order valence-corrected chi connectivity index (χ4v) is 3.57. The molecule has 1 saturated carbocycles. The summed E-state index contributed by atoms with van der Waals surface area (Å²) in [6.45, 7) is 6.02. The molecule has 2 N–H and O–H groups in total. The lowest BCUT2D eigenvalue weighted by Crippen LogP contribution is -2.35. The minimum absolute atomic E-state index is 0. The van der Waals surface area contributed by atoms with Crippen molar-refractivity contribution in [2.45, 2.75) is 39.3 Å². The van der Waals surface area contributed by atoms with Crippen molar-refractivity contribution in [3.8, 4) is 0 Å². The average Bonchev–Trinajstić information content (AvgIpc) is 2.98. The van der Waals surface area contributed by atoms with Gasteiger partial charge in [-0.15, -0.1) is 24.8 Å². The molecule has 0 bridgehead atoms. The predicted octanol–water partition coefficient (Wildman–Crippen LogP) is 1.54. The second kappa shape index (κ2) is 6.99. The van der Waals surface area contributed by atoms with Gasteiger partial charge in [0, 0.05) is 24.8 Å². The van der Waals surface area contributed by atoms with Gasteiger partial charge in [0.25, 0.3) is 0 Å². The topological polar surface area (TPSA) is 64.2 Å². The highest BCUT2D eigenvalue weighted by Gasteiger charge is 2.42. The van der Waals surface area contributed by atoms with Crippen LogP contribution in [-0.4, -0.2) is 39.7 Å². The second-order valence-electron chi connectivity index (χ2n) is 6.05. The molecule has 1 aromatic heterocycles. The van der Waals surface area contributed by atoms with E-state index in [9.17, 15) is 4.79 Å². The fraction of sp³-hybridized carbons (Fsp3) is 0.714. The summed E-state index contributed by atoms with van der Waals surface area (Å²) >= 11 is 0. The Balaban J connectivity index is 0.00000110. The van der Waals surface area contributed by atoms with E-state index in [2.05, 4.69) is 5.10 Å². The van der Waals surface area contributed by atoms with Crippen molar-refractivity contribution in [2.24, 2.45) is 17.6 Å². The zero-order valence-electron chi connectivity index (χ0n) is 12.5. The fourth-order valence-electron chi connectivity index (χ4n) is 3.57. The van der Waals surface area contributed by atoms with Crippen LogP contribution in [0.2, 0.25) is 0 Å². The first-order valence-electron chi connectivity index (χ1n) is 7.09. The lowest BCUT2D eigenvalue weighted by molar-refractivity contribution is -0.131. The molecule has 0 spiro atoms. The van der Waals surface area contributed by atoms with Gasteiger partial charge in [-0.25, -0.2) is 0 Å². The first-order valence-corrected chi connectivity index (χ1v) is 7.09. The number of nitrogens with two attached hydrogens (primary N) is 1. The van der Waals surface area contributed by atoms with Crippen LogP contribution in [0, 0.1) is 25.7 Å². The van der Waals surface area contributed by atoms with Crippen LogP contribution in [0.25, 0.3) is 0 Å². The Bertz CT molecular complexity index is 505. The Morgan fingerprint density at radius 1 is 1.33 bits per heavy atom. The van der Waals surface area contributed by atoms with Crippen molar-refractivity contribution in [1.29, 1.82) is 0 Å². The molecule has 3 atom stereocenters.